The highest BCUT2D eigenvalue weighted by Crippen LogP contribution is 2.31. The van der Waals surface area contributed by atoms with Crippen molar-refractivity contribution in [3.05, 3.63) is 53.0 Å². The Morgan fingerprint density at radius 2 is 2.00 bits per heavy atom. The number of rotatable bonds is 6. The molecule has 26 heavy (non-hydrogen) atoms. The standard InChI is InChI=1S/C20H22N2O2S2/c23-18(21-16-10-4-5-11-16)13-14-22-19(24)17(26-20(22)25)12-6-9-15-7-2-1-3-8-15/h1-3,6-9,12,16H,4-5,10-11,13-14H2,(H,21,23)/b9-6+,17-12-. The molecule has 2 fully saturated rings. The SMILES string of the molecule is O=C(CCN1C(=O)/C(=C/C=C/c2ccccc2)SC1=S)NC1CCCC1. The monoisotopic (exact) mass is 386 g/mol. The van der Waals surface area contributed by atoms with Gasteiger partial charge >= 0.3 is 0 Å². The van der Waals surface area contributed by atoms with E-state index in [1.54, 1.807) is 6.08 Å². The summed E-state index contributed by atoms with van der Waals surface area (Å²) in [7, 11) is 0. The van der Waals surface area contributed by atoms with Crippen molar-refractivity contribution in [2.45, 2.75) is 38.1 Å². The van der Waals surface area contributed by atoms with Gasteiger partial charge in [0.2, 0.25) is 5.91 Å². The molecule has 1 aromatic rings. The summed E-state index contributed by atoms with van der Waals surface area (Å²) in [6, 6.07) is 10.2. The predicted octanol–water partition coefficient (Wildman–Crippen LogP) is 3.89. The number of thioether (sulfide) groups is 1. The number of thiocarbonyl (C=S) groups is 1. The highest BCUT2D eigenvalue weighted by atomic mass is 32.2. The van der Waals surface area contributed by atoms with Crippen LogP contribution in [0.15, 0.2) is 47.4 Å². The molecule has 1 aromatic carbocycles. The molecule has 1 aliphatic carbocycles. The molecular formula is C20H22N2O2S2. The Morgan fingerprint density at radius 1 is 1.27 bits per heavy atom. The number of allylic oxidation sites excluding steroid dienone is 2. The third-order valence-corrected chi connectivity index (χ3v) is 5.89. The molecule has 0 aromatic heterocycles. The number of nitrogens with one attached hydrogen (secondary N) is 1. The Balaban J connectivity index is 1.52. The molecular weight excluding hydrogens is 364 g/mol. The Morgan fingerprint density at radius 3 is 2.73 bits per heavy atom. The van der Waals surface area contributed by atoms with Crippen LogP contribution in [0.2, 0.25) is 0 Å². The highest BCUT2D eigenvalue weighted by Gasteiger charge is 2.31. The van der Waals surface area contributed by atoms with Gasteiger partial charge in [-0.3, -0.25) is 14.5 Å². The van der Waals surface area contributed by atoms with Crippen molar-refractivity contribution in [1.29, 1.82) is 0 Å². The maximum Gasteiger partial charge on any atom is 0.266 e. The topological polar surface area (TPSA) is 49.4 Å². The summed E-state index contributed by atoms with van der Waals surface area (Å²) >= 11 is 6.59. The average Bonchev–Trinajstić information content (AvgIpc) is 3.23. The number of carbonyl (C=O) groups is 2. The van der Waals surface area contributed by atoms with Crippen LogP contribution in [0.1, 0.15) is 37.7 Å². The van der Waals surface area contributed by atoms with E-state index in [2.05, 4.69) is 5.32 Å². The van der Waals surface area contributed by atoms with Crippen LogP contribution in [0, 0.1) is 0 Å². The summed E-state index contributed by atoms with van der Waals surface area (Å²) in [6.45, 7) is 0.336. The van der Waals surface area contributed by atoms with Crippen molar-refractivity contribution in [3.63, 3.8) is 0 Å². The zero-order valence-electron chi connectivity index (χ0n) is 14.5. The van der Waals surface area contributed by atoms with E-state index in [9.17, 15) is 9.59 Å². The van der Waals surface area contributed by atoms with Crippen molar-refractivity contribution >= 4 is 46.2 Å². The van der Waals surface area contributed by atoms with Gasteiger partial charge in [-0.2, -0.15) is 0 Å². The molecule has 0 bridgehead atoms. The van der Waals surface area contributed by atoms with Crippen LogP contribution in [0.4, 0.5) is 0 Å². The van der Waals surface area contributed by atoms with Crippen LogP contribution in [-0.2, 0) is 9.59 Å². The van der Waals surface area contributed by atoms with Gasteiger partial charge < -0.3 is 5.32 Å². The molecule has 6 heteroatoms. The third kappa shape index (κ3) is 5.05. The molecule has 0 atom stereocenters. The summed E-state index contributed by atoms with van der Waals surface area (Å²) in [5, 5.41) is 3.04. The first-order chi connectivity index (χ1) is 12.6. The molecule has 1 aliphatic heterocycles. The smallest absolute Gasteiger partial charge is 0.266 e. The van der Waals surface area contributed by atoms with Crippen molar-refractivity contribution in [3.8, 4) is 0 Å². The van der Waals surface area contributed by atoms with Crippen LogP contribution < -0.4 is 5.32 Å². The lowest BCUT2D eigenvalue weighted by Crippen LogP contribution is -2.37. The minimum atomic E-state index is -0.119. The van der Waals surface area contributed by atoms with E-state index >= 15 is 0 Å². The van der Waals surface area contributed by atoms with Crippen LogP contribution in [-0.4, -0.2) is 33.6 Å². The maximum absolute atomic E-state index is 12.5. The molecule has 2 amide bonds. The minimum Gasteiger partial charge on any atom is -0.353 e. The Hall–Kier alpha value is -1.92. The van der Waals surface area contributed by atoms with Gasteiger partial charge in [0.25, 0.3) is 5.91 Å². The number of amides is 2. The van der Waals surface area contributed by atoms with E-state index in [4.69, 9.17) is 12.2 Å². The second-order valence-electron chi connectivity index (χ2n) is 6.42. The molecule has 3 rings (SSSR count). The van der Waals surface area contributed by atoms with E-state index in [-0.39, 0.29) is 18.2 Å². The van der Waals surface area contributed by atoms with Gasteiger partial charge in [0.05, 0.1) is 4.91 Å². The second kappa shape index (κ2) is 9.14. The van der Waals surface area contributed by atoms with Crippen molar-refractivity contribution < 1.29 is 9.59 Å². The zero-order chi connectivity index (χ0) is 18.4. The predicted molar refractivity (Wildman–Crippen MR) is 110 cm³/mol. The normalized spacial score (nSPS) is 19.8. The quantitative estimate of drug-likeness (QED) is 0.595. The lowest BCUT2D eigenvalue weighted by Gasteiger charge is -2.16. The van der Waals surface area contributed by atoms with Gasteiger partial charge in [-0.05, 0) is 24.5 Å². The van der Waals surface area contributed by atoms with Gasteiger partial charge in [-0.25, -0.2) is 0 Å². The lowest BCUT2D eigenvalue weighted by molar-refractivity contribution is -0.124. The van der Waals surface area contributed by atoms with Crippen molar-refractivity contribution in [1.82, 2.24) is 10.2 Å². The minimum absolute atomic E-state index is 0.00102. The van der Waals surface area contributed by atoms with Gasteiger partial charge in [-0.1, -0.05) is 79.3 Å². The second-order valence-corrected chi connectivity index (χ2v) is 8.10. The summed E-state index contributed by atoms with van der Waals surface area (Å²) in [5.41, 5.74) is 1.07. The van der Waals surface area contributed by atoms with E-state index < -0.39 is 0 Å². The molecule has 0 radical (unpaired) electrons. The third-order valence-electron chi connectivity index (χ3n) is 4.49. The number of hydrogen-bond acceptors (Lipinski definition) is 4. The van der Waals surface area contributed by atoms with E-state index in [1.165, 1.54) is 29.5 Å². The van der Waals surface area contributed by atoms with Crippen LogP contribution in [0.5, 0.6) is 0 Å². The van der Waals surface area contributed by atoms with Gasteiger partial charge in [0, 0.05) is 19.0 Å². The number of benzene rings is 1. The lowest BCUT2D eigenvalue weighted by atomic mass is 10.2. The van der Waals surface area contributed by atoms with E-state index in [0.717, 1.165) is 18.4 Å². The van der Waals surface area contributed by atoms with E-state index in [0.29, 0.717) is 21.8 Å². The largest absolute Gasteiger partial charge is 0.353 e. The molecule has 2 aliphatic rings. The molecule has 1 heterocycles. The number of carbonyl (C=O) groups excluding carboxylic acids is 2. The van der Waals surface area contributed by atoms with Gasteiger partial charge in [-0.15, -0.1) is 0 Å². The first kappa shape index (κ1) is 18.9. The Kier molecular flexibility index (Phi) is 6.63. The number of nitrogens with zero attached hydrogens (tertiary/aromatic N) is 1. The van der Waals surface area contributed by atoms with Crippen LogP contribution in [0.25, 0.3) is 6.08 Å². The summed E-state index contributed by atoms with van der Waals surface area (Å²) in [4.78, 5) is 26.7. The van der Waals surface area contributed by atoms with Crippen molar-refractivity contribution in [2.75, 3.05) is 6.54 Å². The molecule has 0 unspecified atom stereocenters. The summed E-state index contributed by atoms with van der Waals surface area (Å²) < 4.78 is 0.517. The van der Waals surface area contributed by atoms with Crippen LogP contribution in [0.3, 0.4) is 0 Å². The van der Waals surface area contributed by atoms with Crippen LogP contribution >= 0.6 is 24.0 Å². The fourth-order valence-corrected chi connectivity index (χ4v) is 4.36. The number of hydrogen-bond donors (Lipinski definition) is 1. The molecule has 4 nitrogen and oxygen atoms in total. The molecule has 1 saturated heterocycles. The first-order valence-corrected chi connectivity index (χ1v) is 10.1. The van der Waals surface area contributed by atoms with Gasteiger partial charge in [0.1, 0.15) is 4.32 Å². The molecule has 0 spiro atoms. The average molecular weight is 387 g/mol. The Labute approximate surface area is 163 Å². The zero-order valence-corrected chi connectivity index (χ0v) is 16.2. The van der Waals surface area contributed by atoms with Crippen molar-refractivity contribution in [2.24, 2.45) is 0 Å². The molecule has 136 valence electrons. The Bertz CT molecular complexity index is 737. The van der Waals surface area contributed by atoms with E-state index in [1.807, 2.05) is 42.5 Å². The molecule has 1 N–H and O–H groups in total. The maximum atomic E-state index is 12.5. The fourth-order valence-electron chi connectivity index (χ4n) is 3.10. The summed E-state index contributed by atoms with van der Waals surface area (Å²) in [5.74, 6) is -0.120. The summed E-state index contributed by atoms with van der Waals surface area (Å²) in [6.07, 6.45) is 10.4. The molecule has 1 saturated carbocycles. The highest BCUT2D eigenvalue weighted by molar-refractivity contribution is 8.26. The van der Waals surface area contributed by atoms with Gasteiger partial charge in [0.15, 0.2) is 0 Å². The first-order valence-electron chi connectivity index (χ1n) is 8.90. The fraction of sp³-hybridized carbons (Fsp3) is 0.350.